The van der Waals surface area contributed by atoms with Crippen LogP contribution in [0.3, 0.4) is 0 Å². The molecular weight excluding hydrogens is 445 g/mol. The number of nitrogens with one attached hydrogen (secondary N) is 2. The van der Waals surface area contributed by atoms with Crippen LogP contribution in [0, 0.1) is 0 Å². The van der Waals surface area contributed by atoms with E-state index in [-0.39, 0.29) is 11.4 Å². The van der Waals surface area contributed by atoms with Gasteiger partial charge in [-0.15, -0.1) is 0 Å². The highest BCUT2D eigenvalue weighted by Crippen LogP contribution is 2.30. The van der Waals surface area contributed by atoms with Gasteiger partial charge in [0.1, 0.15) is 5.69 Å². The number of halogens is 3. The zero-order valence-corrected chi connectivity index (χ0v) is 18.1. The van der Waals surface area contributed by atoms with Crippen LogP contribution in [0.4, 0.5) is 18.9 Å². The van der Waals surface area contributed by atoms with Gasteiger partial charge in [0.25, 0.3) is 5.91 Å². The van der Waals surface area contributed by atoms with Crippen LogP contribution >= 0.6 is 0 Å². The zero-order valence-electron chi connectivity index (χ0n) is 18.1. The predicted molar refractivity (Wildman–Crippen MR) is 121 cm³/mol. The molecule has 2 N–H and O–H groups in total. The molecule has 10 heteroatoms. The monoisotopic (exact) mass is 466 g/mol. The summed E-state index contributed by atoms with van der Waals surface area (Å²) in [4.78, 5) is 22.9. The minimum absolute atomic E-state index is 0.0153. The van der Waals surface area contributed by atoms with E-state index in [9.17, 15) is 18.0 Å². The van der Waals surface area contributed by atoms with Crippen molar-refractivity contribution >= 4 is 22.5 Å². The number of alkyl halides is 3. The van der Waals surface area contributed by atoms with Gasteiger partial charge in [0.15, 0.2) is 5.69 Å². The van der Waals surface area contributed by atoms with Crippen LogP contribution in [0.2, 0.25) is 0 Å². The van der Waals surface area contributed by atoms with Crippen molar-refractivity contribution in [3.8, 4) is 11.1 Å². The Bertz CT molecular complexity index is 1340. The Labute approximate surface area is 193 Å². The van der Waals surface area contributed by atoms with E-state index in [1.807, 2.05) is 24.4 Å². The van der Waals surface area contributed by atoms with Gasteiger partial charge in [-0.3, -0.25) is 24.8 Å². The van der Waals surface area contributed by atoms with Crippen molar-refractivity contribution in [1.29, 1.82) is 0 Å². The normalized spacial score (nSPS) is 14.6. The third-order valence-electron chi connectivity index (χ3n) is 5.82. The minimum atomic E-state index is -4.61. The topological polar surface area (TPSA) is 86.8 Å². The van der Waals surface area contributed by atoms with Crippen LogP contribution in [0.15, 0.2) is 55.0 Å². The van der Waals surface area contributed by atoms with Gasteiger partial charge in [0.2, 0.25) is 0 Å². The van der Waals surface area contributed by atoms with Crippen LogP contribution in [-0.2, 0) is 12.7 Å². The molecule has 4 heterocycles. The molecule has 0 bridgehead atoms. The van der Waals surface area contributed by atoms with Gasteiger partial charge in [0.05, 0.1) is 5.52 Å². The SMILES string of the molecule is O=C(Nc1ccnc(C(F)(F)F)c1)c1n[nH]c2ccc(-c3cncc(CN4CCCC4)c3)cc12. The van der Waals surface area contributed by atoms with Gasteiger partial charge in [0, 0.05) is 41.8 Å². The van der Waals surface area contributed by atoms with Crippen molar-refractivity contribution < 1.29 is 18.0 Å². The molecule has 0 radical (unpaired) electrons. The molecular formula is C24H21F3N6O. The number of hydrogen-bond donors (Lipinski definition) is 2. The Kier molecular flexibility index (Phi) is 5.74. The molecule has 1 amide bonds. The summed E-state index contributed by atoms with van der Waals surface area (Å²) in [6, 6.07) is 9.73. The molecule has 5 rings (SSSR count). The zero-order chi connectivity index (χ0) is 23.7. The Morgan fingerprint density at radius 3 is 2.68 bits per heavy atom. The first-order chi connectivity index (χ1) is 16.4. The van der Waals surface area contributed by atoms with Crippen molar-refractivity contribution in [2.24, 2.45) is 0 Å². The van der Waals surface area contributed by atoms with E-state index in [1.165, 1.54) is 18.9 Å². The van der Waals surface area contributed by atoms with Crippen molar-refractivity contribution in [3.63, 3.8) is 0 Å². The fourth-order valence-electron chi connectivity index (χ4n) is 4.15. The average Bonchev–Trinajstić information content (AvgIpc) is 3.48. The van der Waals surface area contributed by atoms with Crippen LogP contribution in [0.25, 0.3) is 22.0 Å². The molecule has 1 aliphatic heterocycles. The Balaban J connectivity index is 1.41. The summed E-state index contributed by atoms with van der Waals surface area (Å²) in [7, 11) is 0. The average molecular weight is 466 g/mol. The molecule has 0 unspecified atom stereocenters. The smallest absolute Gasteiger partial charge is 0.320 e. The predicted octanol–water partition coefficient (Wildman–Crippen LogP) is 4.89. The second-order valence-electron chi connectivity index (χ2n) is 8.28. The number of amides is 1. The molecule has 1 aromatic carbocycles. The van der Waals surface area contributed by atoms with Crippen molar-refractivity contribution in [2.45, 2.75) is 25.6 Å². The number of carbonyl (C=O) groups is 1. The molecule has 174 valence electrons. The second-order valence-corrected chi connectivity index (χ2v) is 8.28. The highest BCUT2D eigenvalue weighted by Gasteiger charge is 2.32. The number of pyridine rings is 2. The number of benzene rings is 1. The fraction of sp³-hybridized carbons (Fsp3) is 0.250. The summed E-state index contributed by atoms with van der Waals surface area (Å²) in [5.41, 5.74) is 2.52. The lowest BCUT2D eigenvalue weighted by molar-refractivity contribution is -0.141. The molecule has 34 heavy (non-hydrogen) atoms. The van der Waals surface area contributed by atoms with Gasteiger partial charge < -0.3 is 5.32 Å². The van der Waals surface area contributed by atoms with Gasteiger partial charge in [-0.05, 0) is 67.4 Å². The third kappa shape index (κ3) is 4.62. The molecule has 0 saturated carbocycles. The summed E-state index contributed by atoms with van der Waals surface area (Å²) in [6.07, 6.45) is 2.46. The number of rotatable bonds is 5. The second kappa shape index (κ2) is 8.86. The maximum Gasteiger partial charge on any atom is 0.433 e. The van der Waals surface area contributed by atoms with Gasteiger partial charge in [-0.1, -0.05) is 6.07 Å². The summed E-state index contributed by atoms with van der Waals surface area (Å²) >= 11 is 0. The molecule has 1 fully saturated rings. The Morgan fingerprint density at radius 2 is 1.88 bits per heavy atom. The largest absolute Gasteiger partial charge is 0.433 e. The van der Waals surface area contributed by atoms with Crippen molar-refractivity contribution in [2.75, 3.05) is 18.4 Å². The van der Waals surface area contributed by atoms with Crippen LogP contribution in [0.5, 0.6) is 0 Å². The molecule has 1 aliphatic rings. The van der Waals surface area contributed by atoms with Gasteiger partial charge >= 0.3 is 6.18 Å². The highest BCUT2D eigenvalue weighted by atomic mass is 19.4. The lowest BCUT2D eigenvalue weighted by Gasteiger charge is -2.14. The molecule has 0 spiro atoms. The van der Waals surface area contributed by atoms with Gasteiger partial charge in [-0.25, -0.2) is 0 Å². The standard InChI is InChI=1S/C24H21F3N6O/c25-24(26,27)21-11-18(5-6-29-21)30-23(34)22-19-10-16(3-4-20(19)31-32-22)17-9-15(12-28-13-17)14-33-7-1-2-8-33/h3-6,9-13H,1-2,7-8,14H2,(H,31,32)(H,29,30,34). The quantitative estimate of drug-likeness (QED) is 0.438. The van der Waals surface area contributed by atoms with E-state index < -0.39 is 17.8 Å². The summed E-state index contributed by atoms with van der Waals surface area (Å²) in [6.45, 7) is 3.02. The van der Waals surface area contributed by atoms with E-state index in [0.717, 1.165) is 48.6 Å². The van der Waals surface area contributed by atoms with Crippen molar-refractivity contribution in [1.82, 2.24) is 25.1 Å². The van der Waals surface area contributed by atoms with Crippen LogP contribution in [-0.4, -0.2) is 44.1 Å². The molecule has 0 atom stereocenters. The lowest BCUT2D eigenvalue weighted by atomic mass is 10.0. The van der Waals surface area contributed by atoms with E-state index in [0.29, 0.717) is 10.9 Å². The lowest BCUT2D eigenvalue weighted by Crippen LogP contribution is -2.18. The van der Waals surface area contributed by atoms with Crippen molar-refractivity contribution in [3.05, 3.63) is 71.9 Å². The fourth-order valence-corrected chi connectivity index (χ4v) is 4.15. The van der Waals surface area contributed by atoms with E-state index in [4.69, 9.17) is 0 Å². The number of aromatic amines is 1. The van der Waals surface area contributed by atoms with E-state index in [2.05, 4.69) is 36.4 Å². The molecule has 7 nitrogen and oxygen atoms in total. The maximum atomic E-state index is 12.9. The van der Waals surface area contributed by atoms with Crippen LogP contribution in [0.1, 0.15) is 34.6 Å². The Morgan fingerprint density at radius 1 is 1.06 bits per heavy atom. The number of anilines is 1. The third-order valence-corrected chi connectivity index (χ3v) is 5.82. The molecule has 3 aromatic heterocycles. The first kappa shape index (κ1) is 22.0. The summed E-state index contributed by atoms with van der Waals surface area (Å²) in [5.74, 6) is -0.622. The number of likely N-dealkylation sites (tertiary alicyclic amines) is 1. The van der Waals surface area contributed by atoms with E-state index >= 15 is 0 Å². The highest BCUT2D eigenvalue weighted by molar-refractivity contribution is 6.11. The van der Waals surface area contributed by atoms with Gasteiger partial charge in [-0.2, -0.15) is 18.3 Å². The first-order valence-electron chi connectivity index (χ1n) is 10.9. The summed E-state index contributed by atoms with van der Waals surface area (Å²) < 4.78 is 38.8. The number of aromatic nitrogens is 4. The minimum Gasteiger partial charge on any atom is -0.320 e. The number of fused-ring (bicyclic) bond motifs is 1. The molecule has 4 aromatic rings. The molecule has 0 aliphatic carbocycles. The first-order valence-corrected chi connectivity index (χ1v) is 10.9. The Hall–Kier alpha value is -3.79. The maximum absolute atomic E-state index is 12.9. The number of hydrogen-bond acceptors (Lipinski definition) is 5. The number of carbonyl (C=O) groups excluding carboxylic acids is 1. The number of nitrogens with zero attached hydrogens (tertiary/aromatic N) is 4. The number of H-pyrrole nitrogens is 1. The molecule has 1 saturated heterocycles. The van der Waals surface area contributed by atoms with Crippen LogP contribution < -0.4 is 5.32 Å². The van der Waals surface area contributed by atoms with E-state index in [1.54, 1.807) is 6.20 Å². The summed E-state index contributed by atoms with van der Waals surface area (Å²) in [5, 5.41) is 9.93.